The third-order valence-corrected chi connectivity index (χ3v) is 6.16. The number of nitrogens with two attached hydrogens (primary N) is 1. The number of fused-ring (bicyclic) bond motifs is 1. The van der Waals surface area contributed by atoms with Crippen molar-refractivity contribution >= 4 is 40.6 Å². The number of nitrogens with one attached hydrogen (secondary N) is 2. The van der Waals surface area contributed by atoms with Crippen LogP contribution >= 0.6 is 0 Å². The van der Waals surface area contributed by atoms with E-state index in [-0.39, 0.29) is 11.9 Å². The second-order valence-corrected chi connectivity index (χ2v) is 8.91. The molecule has 38 heavy (non-hydrogen) atoms. The summed E-state index contributed by atoms with van der Waals surface area (Å²) in [6.45, 7) is 4.57. The first-order valence-electron chi connectivity index (χ1n) is 12.5. The first-order valence-corrected chi connectivity index (χ1v) is 12.5. The van der Waals surface area contributed by atoms with Crippen molar-refractivity contribution in [1.82, 2.24) is 20.2 Å². The van der Waals surface area contributed by atoms with Crippen LogP contribution in [0, 0.1) is 5.92 Å². The van der Waals surface area contributed by atoms with Crippen LogP contribution in [0.3, 0.4) is 0 Å². The number of carboxylic acid groups (broad SMARTS) is 2. The molecule has 13 nitrogen and oxygen atoms in total. The van der Waals surface area contributed by atoms with Gasteiger partial charge in [0.25, 0.3) is 0 Å². The van der Waals surface area contributed by atoms with Gasteiger partial charge in [-0.25, -0.2) is 19.4 Å². The summed E-state index contributed by atoms with van der Waals surface area (Å²) in [4.78, 5) is 54.0. The van der Waals surface area contributed by atoms with E-state index in [0.717, 1.165) is 19.5 Å². The van der Waals surface area contributed by atoms with Gasteiger partial charge in [-0.3, -0.25) is 9.78 Å². The van der Waals surface area contributed by atoms with Gasteiger partial charge < -0.3 is 36.2 Å². The quantitative estimate of drug-likeness (QED) is 0.223. The number of unbranched alkanes of at least 4 members (excludes halogenated alkanes) is 4. The van der Waals surface area contributed by atoms with Crippen LogP contribution in [0.1, 0.15) is 45.4 Å². The van der Waals surface area contributed by atoms with Gasteiger partial charge in [0, 0.05) is 31.4 Å². The number of hydrogen-bond donors (Lipinski definition) is 5. The van der Waals surface area contributed by atoms with Gasteiger partial charge in [0.15, 0.2) is 0 Å². The van der Waals surface area contributed by atoms with E-state index in [0.29, 0.717) is 35.6 Å². The number of methoxy groups -OCH3 is 1. The van der Waals surface area contributed by atoms with Crippen LogP contribution in [0.2, 0.25) is 0 Å². The Morgan fingerprint density at radius 2 is 1.82 bits per heavy atom. The Balaban J connectivity index is 0.000000757. The fraction of sp³-hybridized carbons (Fsp3) is 0.520. The number of pyridine rings is 2. The number of urea groups is 1. The van der Waals surface area contributed by atoms with Crippen LogP contribution in [0.15, 0.2) is 24.4 Å². The Morgan fingerprint density at radius 1 is 1.11 bits per heavy atom. The Labute approximate surface area is 220 Å². The molecule has 0 aromatic carbocycles. The van der Waals surface area contributed by atoms with E-state index in [1.165, 1.54) is 32.8 Å². The first kappa shape index (κ1) is 30.2. The lowest BCUT2D eigenvalue weighted by Crippen LogP contribution is -2.55. The third kappa shape index (κ3) is 9.47. The number of aromatic nitrogens is 2. The number of anilines is 1. The number of likely N-dealkylation sites (tertiary alicyclic amines) is 1. The zero-order valence-electron chi connectivity index (χ0n) is 21.7. The molecular weight excluding hydrogens is 496 g/mol. The van der Waals surface area contributed by atoms with Gasteiger partial charge in [-0.2, -0.15) is 0 Å². The molecule has 0 radical (unpaired) electrons. The zero-order valence-corrected chi connectivity index (χ0v) is 21.7. The second kappa shape index (κ2) is 15.3. The fourth-order valence-corrected chi connectivity index (χ4v) is 4.17. The highest BCUT2D eigenvalue weighted by atomic mass is 16.5. The van der Waals surface area contributed by atoms with Crippen molar-refractivity contribution in [2.75, 3.05) is 32.1 Å². The maximum atomic E-state index is 12.7. The molecule has 1 aliphatic heterocycles. The van der Waals surface area contributed by atoms with E-state index in [1.807, 2.05) is 0 Å². The summed E-state index contributed by atoms with van der Waals surface area (Å²) < 4.78 is 5.18. The molecule has 0 unspecified atom stereocenters. The molecule has 3 amide bonds. The summed E-state index contributed by atoms with van der Waals surface area (Å²) in [5.74, 6) is -4.01. The average Bonchev–Trinajstić information content (AvgIpc) is 2.89. The minimum Gasteiger partial charge on any atom is -0.481 e. The molecular formula is C25H36N6O7. The lowest BCUT2D eigenvalue weighted by molar-refractivity contribution is -0.159. The van der Waals surface area contributed by atoms with Gasteiger partial charge in [0.05, 0.1) is 24.2 Å². The Bertz CT molecular complexity index is 1100. The summed E-state index contributed by atoms with van der Waals surface area (Å²) in [5.41, 5.74) is 7.38. The maximum Gasteiger partial charge on any atom is 0.414 e. The van der Waals surface area contributed by atoms with Crippen molar-refractivity contribution in [3.05, 3.63) is 24.4 Å². The molecule has 6 N–H and O–H groups in total. The highest BCUT2D eigenvalue weighted by molar-refractivity contribution is 6.27. The van der Waals surface area contributed by atoms with Crippen molar-refractivity contribution in [1.29, 1.82) is 0 Å². The standard InChI is InChI=1S/C23H34N6O3.C2H2O4/c1-3-4-5-6-7-13-29-14-11-17(16(15-29)22(24)30)26-23(31)27-19-10-12-25-18-8-9-20(32-2)28-21(18)19;3-1(4)2(5)6/h8-10,12,16-17H,3-7,11,13-15H2,1-2H3,(H2,24,30)(H2,25,26,27,31);(H,3,4)(H,5,6)/t16-,17+;/m1./s1. The predicted octanol–water partition coefficient (Wildman–Crippen LogP) is 2.06. The minimum atomic E-state index is -1.82. The van der Waals surface area contributed by atoms with Crippen LogP contribution in [-0.4, -0.2) is 81.7 Å². The number of carbonyl (C=O) groups excluding carboxylic acids is 2. The minimum absolute atomic E-state index is 0.306. The molecule has 13 heteroatoms. The number of primary amides is 1. The van der Waals surface area contributed by atoms with E-state index < -0.39 is 23.9 Å². The largest absolute Gasteiger partial charge is 0.481 e. The van der Waals surface area contributed by atoms with E-state index in [1.54, 1.807) is 24.4 Å². The van der Waals surface area contributed by atoms with E-state index in [9.17, 15) is 9.59 Å². The number of rotatable bonds is 10. The molecule has 3 heterocycles. The number of carbonyl (C=O) groups is 4. The van der Waals surface area contributed by atoms with E-state index >= 15 is 0 Å². The number of hydrogen-bond acceptors (Lipinski definition) is 8. The molecule has 3 rings (SSSR count). The van der Waals surface area contributed by atoms with Crippen LogP contribution < -0.4 is 21.1 Å². The fourth-order valence-electron chi connectivity index (χ4n) is 4.17. The summed E-state index contributed by atoms with van der Waals surface area (Å²) in [6, 6.07) is 4.48. The number of amides is 3. The highest BCUT2D eigenvalue weighted by Gasteiger charge is 2.34. The maximum absolute atomic E-state index is 12.7. The van der Waals surface area contributed by atoms with Gasteiger partial charge >= 0.3 is 18.0 Å². The van der Waals surface area contributed by atoms with Crippen molar-refractivity contribution in [2.45, 2.75) is 51.5 Å². The molecule has 1 saturated heterocycles. The molecule has 2 aromatic heterocycles. The van der Waals surface area contributed by atoms with Crippen LogP contribution in [0.5, 0.6) is 5.88 Å². The molecule has 208 valence electrons. The Hall–Kier alpha value is -4.00. The molecule has 0 saturated carbocycles. The highest BCUT2D eigenvalue weighted by Crippen LogP contribution is 2.23. The predicted molar refractivity (Wildman–Crippen MR) is 140 cm³/mol. The summed E-state index contributed by atoms with van der Waals surface area (Å²) in [6.07, 6.45) is 8.35. The van der Waals surface area contributed by atoms with Gasteiger partial charge in [-0.05, 0) is 31.5 Å². The Morgan fingerprint density at radius 3 is 2.45 bits per heavy atom. The van der Waals surface area contributed by atoms with E-state index in [4.69, 9.17) is 30.3 Å². The SMILES string of the molecule is CCCCCCCN1CC[C@H](NC(=O)Nc2ccnc3ccc(OC)nc23)[C@H](C(N)=O)C1.O=C(O)C(=O)O. The van der Waals surface area contributed by atoms with E-state index in [2.05, 4.69) is 32.4 Å². The lowest BCUT2D eigenvalue weighted by atomic mass is 9.91. The molecule has 1 fully saturated rings. The van der Waals surface area contributed by atoms with Crippen molar-refractivity contribution in [2.24, 2.45) is 11.7 Å². The van der Waals surface area contributed by atoms with Crippen molar-refractivity contribution in [3.63, 3.8) is 0 Å². The van der Waals surface area contributed by atoms with Gasteiger partial charge in [-0.15, -0.1) is 0 Å². The van der Waals surface area contributed by atoms with Crippen molar-refractivity contribution < 1.29 is 34.1 Å². The second-order valence-electron chi connectivity index (χ2n) is 8.91. The van der Waals surface area contributed by atoms with Crippen LogP contribution in [-0.2, 0) is 14.4 Å². The van der Waals surface area contributed by atoms with Gasteiger partial charge in [0.2, 0.25) is 11.8 Å². The van der Waals surface area contributed by atoms with Crippen LogP contribution in [0.25, 0.3) is 11.0 Å². The average molecular weight is 533 g/mol. The number of piperidine rings is 1. The Kier molecular flexibility index (Phi) is 12.2. The normalized spacial score (nSPS) is 17.1. The molecule has 1 aliphatic rings. The first-order chi connectivity index (χ1) is 18.2. The van der Waals surface area contributed by atoms with Crippen LogP contribution in [0.4, 0.5) is 10.5 Å². The number of aliphatic carboxylic acids is 2. The summed E-state index contributed by atoms with van der Waals surface area (Å²) in [7, 11) is 1.53. The van der Waals surface area contributed by atoms with Crippen molar-refractivity contribution in [3.8, 4) is 5.88 Å². The summed E-state index contributed by atoms with van der Waals surface area (Å²) >= 11 is 0. The topological polar surface area (TPSA) is 197 Å². The lowest BCUT2D eigenvalue weighted by Gasteiger charge is -2.37. The molecule has 2 atom stereocenters. The number of nitrogens with zero attached hydrogens (tertiary/aromatic N) is 3. The van der Waals surface area contributed by atoms with Gasteiger partial charge in [0.1, 0.15) is 5.52 Å². The summed E-state index contributed by atoms with van der Waals surface area (Å²) in [5, 5.41) is 20.6. The number of ether oxygens (including phenoxy) is 1. The molecule has 2 aromatic rings. The molecule has 0 spiro atoms. The number of carboxylic acids is 2. The smallest absolute Gasteiger partial charge is 0.414 e. The van der Waals surface area contributed by atoms with Gasteiger partial charge in [-0.1, -0.05) is 32.6 Å². The molecule has 0 aliphatic carbocycles. The third-order valence-electron chi connectivity index (χ3n) is 6.16. The zero-order chi connectivity index (χ0) is 28.1. The molecule has 0 bridgehead atoms. The monoisotopic (exact) mass is 532 g/mol.